The molecule has 2 aromatic carbocycles. The number of rotatable bonds is 9. The second-order valence-corrected chi connectivity index (χ2v) is 8.71. The van der Waals surface area contributed by atoms with Crippen molar-refractivity contribution in [3.05, 3.63) is 76.8 Å². The minimum Gasteiger partial charge on any atom is -0.507 e. The highest BCUT2D eigenvalue weighted by molar-refractivity contribution is 7.14. The number of hydrogen-bond acceptors (Lipinski definition) is 7. The largest absolute Gasteiger partial charge is 0.507 e. The van der Waals surface area contributed by atoms with E-state index in [1.807, 2.05) is 24.3 Å². The number of thiazole rings is 1. The van der Waals surface area contributed by atoms with Crippen molar-refractivity contribution in [1.29, 1.82) is 0 Å². The Morgan fingerprint density at radius 3 is 2.59 bits per heavy atom. The number of ketones is 1. The lowest BCUT2D eigenvalue weighted by molar-refractivity contribution is -0.132. The Morgan fingerprint density at radius 1 is 1.12 bits per heavy atom. The lowest BCUT2D eigenvalue weighted by atomic mass is 9.95. The molecule has 3 aromatic rings. The first-order valence-electron chi connectivity index (χ1n) is 11.1. The number of Topliss-reactive ketones (excluding diaryl/α,β-unsaturated/α-hetero) is 1. The van der Waals surface area contributed by atoms with E-state index in [1.165, 1.54) is 16.2 Å². The van der Waals surface area contributed by atoms with Crippen LogP contribution >= 0.6 is 11.3 Å². The molecular formula is C26H26N2O5S. The van der Waals surface area contributed by atoms with Crippen LogP contribution in [0.15, 0.2) is 65.7 Å². The first-order valence-corrected chi connectivity index (χ1v) is 12.0. The van der Waals surface area contributed by atoms with E-state index in [-0.39, 0.29) is 11.3 Å². The van der Waals surface area contributed by atoms with Crippen LogP contribution in [0.4, 0.5) is 5.13 Å². The van der Waals surface area contributed by atoms with Crippen LogP contribution in [-0.2, 0) is 9.59 Å². The third-order valence-electron chi connectivity index (χ3n) is 5.62. The maximum atomic E-state index is 13.2. The molecule has 1 atom stereocenters. The molecule has 1 fully saturated rings. The summed E-state index contributed by atoms with van der Waals surface area (Å²) < 4.78 is 11.1. The number of methoxy groups -OCH3 is 1. The van der Waals surface area contributed by atoms with Crippen LogP contribution in [0.1, 0.15) is 43.4 Å². The number of carbonyl (C=O) groups excluding carboxylic acids is 2. The normalized spacial score (nSPS) is 17.2. The summed E-state index contributed by atoms with van der Waals surface area (Å²) in [5, 5.41) is 13.3. The highest BCUT2D eigenvalue weighted by atomic mass is 32.1. The van der Waals surface area contributed by atoms with Gasteiger partial charge in [0, 0.05) is 17.1 Å². The van der Waals surface area contributed by atoms with Crippen molar-refractivity contribution in [2.75, 3.05) is 18.6 Å². The average Bonchev–Trinajstić information content (AvgIpc) is 3.48. The monoisotopic (exact) mass is 478 g/mol. The third-order valence-corrected chi connectivity index (χ3v) is 6.39. The van der Waals surface area contributed by atoms with Crippen molar-refractivity contribution in [3.8, 4) is 11.5 Å². The molecule has 0 aliphatic carbocycles. The molecule has 0 radical (unpaired) electrons. The number of aliphatic hydroxyl groups excluding tert-OH is 1. The molecule has 0 saturated carbocycles. The van der Waals surface area contributed by atoms with Crippen molar-refractivity contribution in [2.24, 2.45) is 0 Å². The minimum absolute atomic E-state index is 0.00787. The van der Waals surface area contributed by atoms with Gasteiger partial charge in [-0.05, 0) is 48.4 Å². The maximum absolute atomic E-state index is 13.2. The highest BCUT2D eigenvalue weighted by Gasteiger charge is 2.48. The molecular weight excluding hydrogens is 452 g/mol. The Bertz CT molecular complexity index is 1190. The standard InChI is InChI=1S/C26H26N2O5S/c1-3-4-5-14-33-20-8-6-7-18(16-20)22-21(23(29)17-9-11-19(32-2)12-10-17)24(30)25(31)28(22)26-27-13-15-34-26/h6-13,15-16,22,29H,3-5,14H2,1-2H3. The van der Waals surface area contributed by atoms with E-state index in [1.54, 1.807) is 43.0 Å². The zero-order chi connectivity index (χ0) is 24.1. The molecule has 2 heterocycles. The highest BCUT2D eigenvalue weighted by Crippen LogP contribution is 2.43. The molecule has 7 nitrogen and oxygen atoms in total. The van der Waals surface area contributed by atoms with Gasteiger partial charge in [-0.15, -0.1) is 11.3 Å². The van der Waals surface area contributed by atoms with E-state index in [0.29, 0.717) is 34.4 Å². The molecule has 34 heavy (non-hydrogen) atoms. The number of ether oxygens (including phenoxy) is 2. The second-order valence-electron chi connectivity index (χ2n) is 7.84. The van der Waals surface area contributed by atoms with Gasteiger partial charge >= 0.3 is 5.91 Å². The maximum Gasteiger partial charge on any atom is 0.301 e. The molecule has 1 N–H and O–H groups in total. The van der Waals surface area contributed by atoms with Gasteiger partial charge in [0.15, 0.2) is 5.13 Å². The molecule has 0 bridgehead atoms. The number of amides is 1. The van der Waals surface area contributed by atoms with Gasteiger partial charge in [0.25, 0.3) is 5.78 Å². The van der Waals surface area contributed by atoms with Crippen LogP contribution in [-0.4, -0.2) is 35.5 Å². The zero-order valence-corrected chi connectivity index (χ0v) is 19.9. The quantitative estimate of drug-likeness (QED) is 0.193. The van der Waals surface area contributed by atoms with Crippen molar-refractivity contribution in [1.82, 2.24) is 4.98 Å². The fourth-order valence-electron chi connectivity index (χ4n) is 3.90. The fraction of sp³-hybridized carbons (Fsp3) is 0.269. The van der Waals surface area contributed by atoms with Crippen LogP contribution in [0.25, 0.3) is 5.76 Å². The molecule has 176 valence electrons. The Hall–Kier alpha value is -3.65. The summed E-state index contributed by atoms with van der Waals surface area (Å²) in [6, 6.07) is 13.1. The van der Waals surface area contributed by atoms with Gasteiger partial charge in [-0.3, -0.25) is 14.5 Å². The van der Waals surface area contributed by atoms with Gasteiger partial charge < -0.3 is 14.6 Å². The van der Waals surface area contributed by atoms with Gasteiger partial charge in [-0.1, -0.05) is 31.9 Å². The molecule has 0 spiro atoms. The Labute approximate surface area is 202 Å². The number of anilines is 1. The van der Waals surface area contributed by atoms with Gasteiger partial charge in [0.05, 0.1) is 25.3 Å². The Morgan fingerprint density at radius 2 is 1.91 bits per heavy atom. The zero-order valence-electron chi connectivity index (χ0n) is 19.1. The molecule has 4 rings (SSSR count). The summed E-state index contributed by atoms with van der Waals surface area (Å²) in [6.07, 6.45) is 4.69. The van der Waals surface area contributed by atoms with Crippen LogP contribution in [0.5, 0.6) is 11.5 Å². The van der Waals surface area contributed by atoms with E-state index in [2.05, 4.69) is 11.9 Å². The molecule has 1 aromatic heterocycles. The van der Waals surface area contributed by atoms with E-state index in [9.17, 15) is 14.7 Å². The summed E-state index contributed by atoms with van der Waals surface area (Å²) in [4.78, 5) is 31.9. The van der Waals surface area contributed by atoms with Crippen molar-refractivity contribution < 1.29 is 24.2 Å². The number of carbonyl (C=O) groups is 2. The fourth-order valence-corrected chi connectivity index (χ4v) is 4.57. The Kier molecular flexibility index (Phi) is 7.27. The predicted molar refractivity (Wildman–Crippen MR) is 131 cm³/mol. The van der Waals surface area contributed by atoms with E-state index in [0.717, 1.165) is 19.3 Å². The van der Waals surface area contributed by atoms with Crippen molar-refractivity contribution >= 4 is 33.9 Å². The summed E-state index contributed by atoms with van der Waals surface area (Å²) >= 11 is 1.25. The molecule has 1 unspecified atom stereocenters. The van der Waals surface area contributed by atoms with E-state index < -0.39 is 17.7 Å². The lowest BCUT2D eigenvalue weighted by Crippen LogP contribution is -2.29. The van der Waals surface area contributed by atoms with Crippen LogP contribution in [0, 0.1) is 0 Å². The topological polar surface area (TPSA) is 89.0 Å². The minimum atomic E-state index is -0.840. The van der Waals surface area contributed by atoms with Gasteiger partial charge in [0.2, 0.25) is 0 Å². The molecule has 1 aliphatic rings. The van der Waals surface area contributed by atoms with E-state index in [4.69, 9.17) is 9.47 Å². The molecule has 1 amide bonds. The summed E-state index contributed by atoms with van der Waals surface area (Å²) in [7, 11) is 1.55. The summed E-state index contributed by atoms with van der Waals surface area (Å²) in [6.45, 7) is 2.71. The number of hydrogen-bond donors (Lipinski definition) is 1. The summed E-state index contributed by atoms with van der Waals surface area (Å²) in [5.41, 5.74) is 1.07. The van der Waals surface area contributed by atoms with E-state index >= 15 is 0 Å². The average molecular weight is 479 g/mol. The third kappa shape index (κ3) is 4.68. The number of unbranched alkanes of at least 4 members (excludes halogenated alkanes) is 2. The van der Waals surface area contributed by atoms with Gasteiger partial charge in [-0.2, -0.15) is 0 Å². The van der Waals surface area contributed by atoms with Crippen LogP contribution < -0.4 is 14.4 Å². The molecule has 1 aliphatic heterocycles. The smallest absolute Gasteiger partial charge is 0.301 e. The van der Waals surface area contributed by atoms with Crippen LogP contribution in [0.2, 0.25) is 0 Å². The first kappa shape index (κ1) is 23.5. The Balaban J connectivity index is 1.79. The summed E-state index contributed by atoms with van der Waals surface area (Å²) in [5.74, 6) is -0.488. The van der Waals surface area contributed by atoms with Crippen molar-refractivity contribution in [2.45, 2.75) is 32.2 Å². The van der Waals surface area contributed by atoms with Crippen LogP contribution in [0.3, 0.4) is 0 Å². The van der Waals surface area contributed by atoms with Crippen molar-refractivity contribution in [3.63, 3.8) is 0 Å². The molecule has 1 saturated heterocycles. The van der Waals surface area contributed by atoms with Gasteiger partial charge in [0.1, 0.15) is 17.3 Å². The predicted octanol–water partition coefficient (Wildman–Crippen LogP) is 5.35. The first-order chi connectivity index (χ1) is 16.5. The SMILES string of the molecule is CCCCCOc1cccc(C2C(=C(O)c3ccc(OC)cc3)C(=O)C(=O)N2c2nccs2)c1. The number of aliphatic hydroxyl groups is 1. The van der Waals surface area contributed by atoms with Gasteiger partial charge in [-0.25, -0.2) is 4.98 Å². The number of nitrogens with zero attached hydrogens (tertiary/aromatic N) is 2. The lowest BCUT2D eigenvalue weighted by Gasteiger charge is -2.23. The number of benzene rings is 2. The molecule has 8 heteroatoms. The number of aromatic nitrogens is 1. The second kappa shape index (κ2) is 10.5.